The molecule has 0 atom stereocenters. The van der Waals surface area contributed by atoms with Crippen LogP contribution in [0.3, 0.4) is 0 Å². The first-order chi connectivity index (χ1) is 9.35. The average Bonchev–Trinajstić information content (AvgIpc) is 2.91. The second-order valence-corrected chi connectivity index (χ2v) is 5.18. The minimum atomic E-state index is 0.791. The average molecular weight is 273 g/mol. The number of thioether (sulfide) groups is 1. The van der Waals surface area contributed by atoms with E-state index in [0.717, 1.165) is 18.8 Å². The quantitative estimate of drug-likeness (QED) is 0.615. The number of para-hydroxylation sites is 1. The Balaban J connectivity index is 2.04. The summed E-state index contributed by atoms with van der Waals surface area (Å²) in [4.78, 5) is 5.44. The van der Waals surface area contributed by atoms with Crippen molar-refractivity contribution < 1.29 is 0 Å². The molecule has 0 saturated carbocycles. The molecule has 0 aliphatic heterocycles. The Kier molecular flexibility index (Phi) is 5.10. The van der Waals surface area contributed by atoms with E-state index in [1.165, 1.54) is 16.3 Å². The molecule has 1 N–H and O–H groups in total. The topological polar surface area (TPSA) is 29.9 Å². The lowest BCUT2D eigenvalue weighted by Gasteiger charge is -2.12. The van der Waals surface area contributed by atoms with Gasteiger partial charge in [0.2, 0.25) is 0 Å². The maximum atomic E-state index is 4.18. The van der Waals surface area contributed by atoms with Crippen LogP contribution in [0.15, 0.2) is 54.3 Å². The number of nitrogens with zero attached hydrogens (tertiary/aromatic N) is 2. The fourth-order valence-corrected chi connectivity index (χ4v) is 2.62. The Morgan fingerprint density at radius 2 is 2.26 bits per heavy atom. The van der Waals surface area contributed by atoms with Crippen molar-refractivity contribution in [3.8, 4) is 0 Å². The van der Waals surface area contributed by atoms with E-state index in [1.807, 2.05) is 18.6 Å². The highest BCUT2D eigenvalue weighted by molar-refractivity contribution is 7.99. The second kappa shape index (κ2) is 7.04. The van der Waals surface area contributed by atoms with Gasteiger partial charge in [-0.25, -0.2) is 4.98 Å². The summed E-state index contributed by atoms with van der Waals surface area (Å²) in [6, 6.07) is 8.36. The molecule has 1 aromatic heterocycles. The van der Waals surface area contributed by atoms with Crippen LogP contribution < -0.4 is 5.32 Å². The first-order valence-electron chi connectivity index (χ1n) is 6.40. The summed E-state index contributed by atoms with van der Waals surface area (Å²) in [5.41, 5.74) is 2.37. The summed E-state index contributed by atoms with van der Waals surface area (Å²) in [6.45, 7) is 7.63. The van der Waals surface area contributed by atoms with Crippen LogP contribution in [-0.2, 0) is 13.1 Å². The highest BCUT2D eigenvalue weighted by Gasteiger charge is 2.03. The van der Waals surface area contributed by atoms with Gasteiger partial charge < -0.3 is 9.88 Å². The molecule has 0 amide bonds. The van der Waals surface area contributed by atoms with Crippen molar-refractivity contribution in [2.45, 2.75) is 24.9 Å². The standard InChI is InChI=1S/C15H19N3S/c1-3-9-19-15-8-6-5-7-14(15)17-11-13-10-16-12-18(13)4-2/h3,5-8,10,12,17H,1,4,9,11H2,2H3. The van der Waals surface area contributed by atoms with E-state index < -0.39 is 0 Å². The van der Waals surface area contributed by atoms with Crippen molar-refractivity contribution in [1.82, 2.24) is 9.55 Å². The van der Waals surface area contributed by atoms with Crippen LogP contribution in [-0.4, -0.2) is 15.3 Å². The van der Waals surface area contributed by atoms with Gasteiger partial charge in [-0.15, -0.1) is 18.3 Å². The van der Waals surface area contributed by atoms with Gasteiger partial charge in [0, 0.05) is 29.1 Å². The van der Waals surface area contributed by atoms with Gasteiger partial charge in [-0.2, -0.15) is 0 Å². The smallest absolute Gasteiger partial charge is 0.0948 e. The largest absolute Gasteiger partial charge is 0.379 e. The summed E-state index contributed by atoms with van der Waals surface area (Å²) in [5, 5.41) is 3.48. The van der Waals surface area contributed by atoms with E-state index >= 15 is 0 Å². The van der Waals surface area contributed by atoms with Crippen LogP contribution >= 0.6 is 11.8 Å². The highest BCUT2D eigenvalue weighted by atomic mass is 32.2. The molecular weight excluding hydrogens is 254 g/mol. The Bertz CT molecular complexity index is 534. The van der Waals surface area contributed by atoms with Crippen LogP contribution in [0.5, 0.6) is 0 Å². The summed E-state index contributed by atoms with van der Waals surface area (Å²) in [5.74, 6) is 0.922. The number of hydrogen-bond acceptors (Lipinski definition) is 3. The molecule has 2 aromatic rings. The minimum absolute atomic E-state index is 0.791. The zero-order valence-electron chi connectivity index (χ0n) is 11.2. The van der Waals surface area contributed by atoms with Crippen LogP contribution in [0, 0.1) is 0 Å². The number of nitrogens with one attached hydrogen (secondary N) is 1. The molecule has 0 radical (unpaired) electrons. The number of aryl methyl sites for hydroxylation is 1. The number of rotatable bonds is 7. The van der Waals surface area contributed by atoms with Crippen molar-refractivity contribution in [3.63, 3.8) is 0 Å². The van der Waals surface area contributed by atoms with Crippen molar-refractivity contribution in [1.29, 1.82) is 0 Å². The molecule has 3 nitrogen and oxygen atoms in total. The zero-order valence-corrected chi connectivity index (χ0v) is 12.0. The predicted octanol–water partition coefficient (Wildman–Crippen LogP) is 3.79. The van der Waals surface area contributed by atoms with E-state index in [1.54, 1.807) is 11.8 Å². The summed E-state index contributed by atoms with van der Waals surface area (Å²) in [6.07, 6.45) is 5.71. The third-order valence-corrected chi connectivity index (χ3v) is 3.91. The molecule has 0 fully saturated rings. The number of anilines is 1. The first-order valence-corrected chi connectivity index (χ1v) is 7.39. The SMILES string of the molecule is C=CCSc1ccccc1NCc1cncn1CC. The van der Waals surface area contributed by atoms with Gasteiger partial charge in [0.05, 0.1) is 18.6 Å². The van der Waals surface area contributed by atoms with Gasteiger partial charge in [-0.05, 0) is 19.1 Å². The molecular formula is C15H19N3S. The van der Waals surface area contributed by atoms with Crippen molar-refractivity contribution in [3.05, 3.63) is 55.1 Å². The fourth-order valence-electron chi connectivity index (χ4n) is 1.85. The molecule has 2 rings (SSSR count). The molecule has 4 heteroatoms. The van der Waals surface area contributed by atoms with Gasteiger partial charge in [0.1, 0.15) is 0 Å². The lowest BCUT2D eigenvalue weighted by Crippen LogP contribution is -2.06. The maximum Gasteiger partial charge on any atom is 0.0948 e. The van der Waals surface area contributed by atoms with E-state index in [-0.39, 0.29) is 0 Å². The van der Waals surface area contributed by atoms with Gasteiger partial charge in [0.15, 0.2) is 0 Å². The molecule has 0 spiro atoms. The lowest BCUT2D eigenvalue weighted by molar-refractivity contribution is 0.719. The lowest BCUT2D eigenvalue weighted by atomic mass is 10.3. The molecule has 0 aliphatic carbocycles. The summed E-state index contributed by atoms with van der Waals surface area (Å²) >= 11 is 1.79. The van der Waals surface area contributed by atoms with Crippen LogP contribution in [0.25, 0.3) is 0 Å². The third kappa shape index (κ3) is 3.64. The van der Waals surface area contributed by atoms with Crippen LogP contribution in [0.4, 0.5) is 5.69 Å². The number of aromatic nitrogens is 2. The molecule has 0 saturated heterocycles. The maximum absolute atomic E-state index is 4.18. The Morgan fingerprint density at radius 3 is 3.05 bits per heavy atom. The van der Waals surface area contributed by atoms with Crippen molar-refractivity contribution in [2.75, 3.05) is 11.1 Å². The molecule has 0 unspecified atom stereocenters. The van der Waals surface area contributed by atoms with E-state index in [4.69, 9.17) is 0 Å². The molecule has 0 bridgehead atoms. The Hall–Kier alpha value is -1.68. The second-order valence-electron chi connectivity index (χ2n) is 4.12. The third-order valence-electron chi connectivity index (χ3n) is 2.84. The van der Waals surface area contributed by atoms with Gasteiger partial charge in [0.25, 0.3) is 0 Å². The Morgan fingerprint density at radius 1 is 1.42 bits per heavy atom. The van der Waals surface area contributed by atoms with E-state index in [9.17, 15) is 0 Å². The number of hydrogen-bond donors (Lipinski definition) is 1. The zero-order chi connectivity index (χ0) is 13.5. The molecule has 100 valence electrons. The minimum Gasteiger partial charge on any atom is -0.379 e. The summed E-state index contributed by atoms with van der Waals surface area (Å²) in [7, 11) is 0. The molecule has 1 heterocycles. The predicted molar refractivity (Wildman–Crippen MR) is 82.6 cm³/mol. The Labute approximate surface area is 118 Å². The molecule has 1 aromatic carbocycles. The number of benzene rings is 1. The van der Waals surface area contributed by atoms with Crippen molar-refractivity contribution in [2.24, 2.45) is 0 Å². The van der Waals surface area contributed by atoms with Crippen LogP contribution in [0.1, 0.15) is 12.6 Å². The van der Waals surface area contributed by atoms with E-state index in [2.05, 4.69) is 52.6 Å². The number of imidazole rings is 1. The van der Waals surface area contributed by atoms with Gasteiger partial charge >= 0.3 is 0 Å². The summed E-state index contributed by atoms with van der Waals surface area (Å²) < 4.78 is 2.15. The normalized spacial score (nSPS) is 10.4. The van der Waals surface area contributed by atoms with Crippen LogP contribution in [0.2, 0.25) is 0 Å². The first kappa shape index (κ1) is 13.7. The van der Waals surface area contributed by atoms with Gasteiger partial charge in [-0.1, -0.05) is 18.2 Å². The molecule has 19 heavy (non-hydrogen) atoms. The van der Waals surface area contributed by atoms with E-state index in [0.29, 0.717) is 0 Å². The monoisotopic (exact) mass is 273 g/mol. The van der Waals surface area contributed by atoms with Crippen molar-refractivity contribution >= 4 is 17.4 Å². The fraction of sp³-hybridized carbons (Fsp3) is 0.267. The molecule has 0 aliphatic rings. The highest BCUT2D eigenvalue weighted by Crippen LogP contribution is 2.27. The van der Waals surface area contributed by atoms with Gasteiger partial charge in [-0.3, -0.25) is 0 Å².